The van der Waals surface area contributed by atoms with Crippen molar-refractivity contribution in [2.75, 3.05) is 38.0 Å². The van der Waals surface area contributed by atoms with Gasteiger partial charge in [-0.1, -0.05) is 0 Å². The van der Waals surface area contributed by atoms with Gasteiger partial charge in [0.1, 0.15) is 17.2 Å². The summed E-state index contributed by atoms with van der Waals surface area (Å²) in [5.74, 6) is 0.509. The van der Waals surface area contributed by atoms with Crippen molar-refractivity contribution in [3.05, 3.63) is 94.4 Å². The molecule has 4 aromatic rings. The molecule has 0 fully saturated rings. The predicted octanol–water partition coefficient (Wildman–Crippen LogP) is 4.86. The minimum atomic E-state index is -0.449. The quantitative estimate of drug-likeness (QED) is 0.211. The van der Waals surface area contributed by atoms with Crippen LogP contribution in [0.15, 0.2) is 77.8 Å². The molecule has 3 N–H and O–H groups in total. The number of methoxy groups -OCH3 is 2. The molecule has 2 heterocycles. The van der Waals surface area contributed by atoms with E-state index in [2.05, 4.69) is 20.9 Å². The van der Waals surface area contributed by atoms with E-state index in [-0.39, 0.29) is 24.0 Å². The van der Waals surface area contributed by atoms with Crippen LogP contribution in [-0.4, -0.2) is 50.1 Å². The molecular formula is C29H28N4O6S. The standard InChI is InChI=1S/C29H28N4O6S/c1-37-21-6-4-19(5-7-21)28(35)33-25-17-30-13-10-24(25)32-29(36)23-9-8-22(38-2)16-26(23)39-14-3-12-31-27(34)20-11-15-40-18-20/h4-11,13,15-18H,3,12,14H2,1-2H3,(H,31,34)(H,33,35)(H,30,32,36). The number of carbonyl (C=O) groups excluding carboxylic acids is 3. The van der Waals surface area contributed by atoms with Crippen LogP contribution in [0, 0.1) is 0 Å². The first-order chi connectivity index (χ1) is 19.5. The monoisotopic (exact) mass is 560 g/mol. The highest BCUT2D eigenvalue weighted by Gasteiger charge is 2.17. The van der Waals surface area contributed by atoms with Gasteiger partial charge in [0.2, 0.25) is 0 Å². The number of hydrogen-bond donors (Lipinski definition) is 3. The third kappa shape index (κ3) is 7.35. The first kappa shape index (κ1) is 28.1. The fraction of sp³-hybridized carbons (Fsp3) is 0.172. The number of aromatic nitrogens is 1. The van der Waals surface area contributed by atoms with Gasteiger partial charge in [-0.05, 0) is 60.3 Å². The second-order valence-corrected chi connectivity index (χ2v) is 9.17. The van der Waals surface area contributed by atoms with Crippen LogP contribution in [0.4, 0.5) is 11.4 Å². The smallest absolute Gasteiger partial charge is 0.259 e. The van der Waals surface area contributed by atoms with Gasteiger partial charge in [-0.3, -0.25) is 19.4 Å². The molecule has 0 aliphatic carbocycles. The lowest BCUT2D eigenvalue weighted by molar-refractivity contribution is 0.0951. The van der Waals surface area contributed by atoms with Crippen molar-refractivity contribution in [1.82, 2.24) is 10.3 Å². The summed E-state index contributed by atoms with van der Waals surface area (Å²) in [6.45, 7) is 0.671. The zero-order chi connectivity index (χ0) is 28.3. The number of rotatable bonds is 12. The number of nitrogens with zero attached hydrogens (tertiary/aromatic N) is 1. The van der Waals surface area contributed by atoms with Crippen LogP contribution < -0.4 is 30.2 Å². The molecular weight excluding hydrogens is 532 g/mol. The van der Waals surface area contributed by atoms with E-state index >= 15 is 0 Å². The van der Waals surface area contributed by atoms with Crippen LogP contribution in [0.5, 0.6) is 17.2 Å². The Kier molecular flexibility index (Phi) is 9.67. The number of hydrogen-bond acceptors (Lipinski definition) is 8. The Hall–Kier alpha value is -4.90. The summed E-state index contributed by atoms with van der Waals surface area (Å²) in [7, 11) is 3.07. The number of anilines is 2. The van der Waals surface area contributed by atoms with Gasteiger partial charge in [0, 0.05) is 35.3 Å². The maximum Gasteiger partial charge on any atom is 0.259 e. The molecule has 0 unspecified atom stereocenters. The number of ether oxygens (including phenoxy) is 3. The summed E-state index contributed by atoms with van der Waals surface area (Å²) in [4.78, 5) is 42.2. The number of thiophene rings is 1. The average Bonchev–Trinajstić information content (AvgIpc) is 3.53. The van der Waals surface area contributed by atoms with E-state index in [1.54, 1.807) is 67.1 Å². The average molecular weight is 561 g/mol. The molecule has 0 radical (unpaired) electrons. The lowest BCUT2D eigenvalue weighted by Crippen LogP contribution is -2.25. The molecule has 206 valence electrons. The SMILES string of the molecule is COc1ccc(C(=O)Nc2cnccc2NC(=O)c2ccc(OC)cc2OCCCNC(=O)c2ccsc2)cc1. The van der Waals surface area contributed by atoms with Gasteiger partial charge in [0.15, 0.2) is 0 Å². The molecule has 40 heavy (non-hydrogen) atoms. The van der Waals surface area contributed by atoms with E-state index in [1.807, 2.05) is 5.38 Å². The third-order valence-corrected chi connectivity index (χ3v) is 6.43. The van der Waals surface area contributed by atoms with E-state index in [0.717, 1.165) is 0 Å². The minimum absolute atomic E-state index is 0.144. The molecule has 0 bridgehead atoms. The number of benzene rings is 2. The molecule has 4 rings (SSSR count). The first-order valence-electron chi connectivity index (χ1n) is 12.3. The summed E-state index contributed by atoms with van der Waals surface area (Å²) in [6.07, 6.45) is 3.49. The van der Waals surface area contributed by atoms with Crippen molar-refractivity contribution in [3.63, 3.8) is 0 Å². The van der Waals surface area contributed by atoms with Gasteiger partial charge < -0.3 is 30.2 Å². The van der Waals surface area contributed by atoms with Crippen LogP contribution in [0.3, 0.4) is 0 Å². The van der Waals surface area contributed by atoms with Crippen LogP contribution >= 0.6 is 11.3 Å². The number of pyridine rings is 1. The van der Waals surface area contributed by atoms with Crippen molar-refractivity contribution < 1.29 is 28.6 Å². The third-order valence-electron chi connectivity index (χ3n) is 5.75. The van der Waals surface area contributed by atoms with E-state index in [4.69, 9.17) is 14.2 Å². The van der Waals surface area contributed by atoms with E-state index in [0.29, 0.717) is 52.7 Å². The van der Waals surface area contributed by atoms with Crippen LogP contribution in [-0.2, 0) is 0 Å². The zero-order valence-corrected chi connectivity index (χ0v) is 22.7. The minimum Gasteiger partial charge on any atom is -0.497 e. The van der Waals surface area contributed by atoms with Gasteiger partial charge in [-0.2, -0.15) is 11.3 Å². The molecule has 2 aromatic carbocycles. The Morgan fingerprint density at radius 1 is 0.825 bits per heavy atom. The van der Waals surface area contributed by atoms with Crippen LogP contribution in [0.25, 0.3) is 0 Å². The number of amides is 3. The number of nitrogens with one attached hydrogen (secondary N) is 3. The Labute approximate surface area is 235 Å². The van der Waals surface area contributed by atoms with Crippen molar-refractivity contribution in [3.8, 4) is 17.2 Å². The lowest BCUT2D eigenvalue weighted by atomic mass is 10.1. The Morgan fingerprint density at radius 2 is 1.57 bits per heavy atom. The molecule has 2 aromatic heterocycles. The van der Waals surface area contributed by atoms with Crippen molar-refractivity contribution >= 4 is 40.4 Å². The summed E-state index contributed by atoms with van der Waals surface area (Å²) >= 11 is 1.46. The van der Waals surface area contributed by atoms with Gasteiger partial charge in [-0.15, -0.1) is 0 Å². The molecule has 0 aliphatic rings. The van der Waals surface area contributed by atoms with Crippen LogP contribution in [0.2, 0.25) is 0 Å². The topological polar surface area (TPSA) is 128 Å². The Morgan fingerprint density at radius 3 is 2.30 bits per heavy atom. The summed E-state index contributed by atoms with van der Waals surface area (Å²) in [5.41, 5.74) is 1.99. The van der Waals surface area contributed by atoms with Gasteiger partial charge >= 0.3 is 0 Å². The maximum atomic E-state index is 13.3. The van der Waals surface area contributed by atoms with Crippen molar-refractivity contribution in [1.29, 1.82) is 0 Å². The highest BCUT2D eigenvalue weighted by atomic mass is 32.1. The molecule has 0 saturated carbocycles. The van der Waals surface area contributed by atoms with Crippen LogP contribution in [0.1, 0.15) is 37.5 Å². The summed E-state index contributed by atoms with van der Waals surface area (Å²) in [6, 6.07) is 14.9. The van der Waals surface area contributed by atoms with Gasteiger partial charge in [0.05, 0.1) is 44.0 Å². The second-order valence-electron chi connectivity index (χ2n) is 8.39. The summed E-state index contributed by atoms with van der Waals surface area (Å²) in [5, 5.41) is 12.1. The number of carbonyl (C=O) groups is 3. The molecule has 0 aliphatic heterocycles. The van der Waals surface area contributed by atoms with E-state index in [9.17, 15) is 14.4 Å². The molecule has 10 nitrogen and oxygen atoms in total. The zero-order valence-electron chi connectivity index (χ0n) is 21.9. The van der Waals surface area contributed by atoms with Crippen molar-refractivity contribution in [2.24, 2.45) is 0 Å². The maximum absolute atomic E-state index is 13.3. The Bertz CT molecular complexity index is 1460. The molecule has 3 amide bonds. The fourth-order valence-electron chi connectivity index (χ4n) is 3.62. The first-order valence-corrected chi connectivity index (χ1v) is 13.2. The largest absolute Gasteiger partial charge is 0.497 e. The van der Waals surface area contributed by atoms with E-state index in [1.165, 1.54) is 30.8 Å². The van der Waals surface area contributed by atoms with E-state index < -0.39 is 5.91 Å². The highest BCUT2D eigenvalue weighted by molar-refractivity contribution is 7.08. The predicted molar refractivity (Wildman–Crippen MR) is 153 cm³/mol. The summed E-state index contributed by atoms with van der Waals surface area (Å²) < 4.78 is 16.3. The normalized spacial score (nSPS) is 10.3. The molecule has 0 saturated heterocycles. The molecule has 0 spiro atoms. The highest BCUT2D eigenvalue weighted by Crippen LogP contribution is 2.28. The molecule has 11 heteroatoms. The molecule has 0 atom stereocenters. The van der Waals surface area contributed by atoms with Gasteiger partial charge in [-0.25, -0.2) is 0 Å². The van der Waals surface area contributed by atoms with Gasteiger partial charge in [0.25, 0.3) is 17.7 Å². The second kappa shape index (κ2) is 13.8. The lowest BCUT2D eigenvalue weighted by Gasteiger charge is -2.15. The fourth-order valence-corrected chi connectivity index (χ4v) is 4.25. The van der Waals surface area contributed by atoms with Crippen molar-refractivity contribution in [2.45, 2.75) is 6.42 Å². The Balaban J connectivity index is 1.40.